The summed E-state index contributed by atoms with van der Waals surface area (Å²) in [7, 11) is 0. The first-order chi connectivity index (χ1) is 13.1. The normalized spacial score (nSPS) is 16.9. The third-order valence-corrected chi connectivity index (χ3v) is 5.64. The van der Waals surface area contributed by atoms with Gasteiger partial charge in [0.1, 0.15) is 0 Å². The molecule has 2 amide bonds. The standard InChI is InChI=1S/C22H25N3O2/c1-16(26)24-13-10-18(11-14-24)22(27)23-19-6-8-20(9-7-19)25-15-12-17-4-2-3-5-21(17)25/h2-9,18H,10-15H2,1H3,(H,23,27). The SMILES string of the molecule is CC(=O)N1CCC(C(=O)Nc2ccc(N3CCc4ccccc43)cc2)CC1. The molecular formula is C22H25N3O2. The lowest BCUT2D eigenvalue weighted by molar-refractivity contribution is -0.132. The Bertz CT molecular complexity index is 839. The summed E-state index contributed by atoms with van der Waals surface area (Å²) in [4.78, 5) is 28.1. The predicted molar refractivity (Wildman–Crippen MR) is 107 cm³/mol. The Hall–Kier alpha value is -2.82. The molecule has 1 N–H and O–H groups in total. The fourth-order valence-electron chi connectivity index (χ4n) is 4.03. The van der Waals surface area contributed by atoms with Crippen LogP contribution in [0.2, 0.25) is 0 Å². The molecule has 1 fully saturated rings. The van der Waals surface area contributed by atoms with Crippen LogP contribution in [0.25, 0.3) is 0 Å². The van der Waals surface area contributed by atoms with Crippen LogP contribution in [0.3, 0.4) is 0 Å². The molecule has 0 spiro atoms. The molecule has 2 aromatic rings. The second-order valence-corrected chi connectivity index (χ2v) is 7.35. The number of hydrogen-bond donors (Lipinski definition) is 1. The highest BCUT2D eigenvalue weighted by molar-refractivity contribution is 5.93. The Balaban J connectivity index is 1.37. The molecule has 5 heteroatoms. The van der Waals surface area contributed by atoms with Gasteiger partial charge in [0.05, 0.1) is 0 Å². The lowest BCUT2D eigenvalue weighted by atomic mass is 9.96. The Morgan fingerprint density at radius 1 is 0.963 bits per heavy atom. The van der Waals surface area contributed by atoms with Crippen LogP contribution in [0.15, 0.2) is 48.5 Å². The maximum absolute atomic E-state index is 12.5. The van der Waals surface area contributed by atoms with Gasteiger partial charge in [-0.3, -0.25) is 9.59 Å². The Labute approximate surface area is 160 Å². The number of piperidine rings is 1. The van der Waals surface area contributed by atoms with Gasteiger partial charge >= 0.3 is 0 Å². The third-order valence-electron chi connectivity index (χ3n) is 5.64. The van der Waals surface area contributed by atoms with Gasteiger partial charge in [0.15, 0.2) is 0 Å². The first-order valence-corrected chi connectivity index (χ1v) is 9.64. The van der Waals surface area contributed by atoms with Crippen molar-refractivity contribution >= 4 is 28.9 Å². The fourth-order valence-corrected chi connectivity index (χ4v) is 4.03. The summed E-state index contributed by atoms with van der Waals surface area (Å²) >= 11 is 0. The molecule has 0 radical (unpaired) electrons. The number of hydrogen-bond acceptors (Lipinski definition) is 3. The minimum absolute atomic E-state index is 0.0225. The van der Waals surface area contributed by atoms with E-state index in [0.717, 1.165) is 37.2 Å². The minimum atomic E-state index is -0.0225. The number of carbonyl (C=O) groups excluding carboxylic acids is 2. The van der Waals surface area contributed by atoms with Crippen molar-refractivity contribution in [1.82, 2.24) is 4.90 Å². The number of anilines is 3. The zero-order valence-corrected chi connectivity index (χ0v) is 15.6. The number of likely N-dealkylation sites (tertiary alicyclic amines) is 1. The van der Waals surface area contributed by atoms with Gasteiger partial charge in [0.2, 0.25) is 11.8 Å². The Morgan fingerprint density at radius 3 is 2.37 bits per heavy atom. The molecule has 0 bridgehead atoms. The molecule has 27 heavy (non-hydrogen) atoms. The van der Waals surface area contributed by atoms with E-state index < -0.39 is 0 Å². The van der Waals surface area contributed by atoms with Crippen molar-refractivity contribution in [2.24, 2.45) is 5.92 Å². The van der Waals surface area contributed by atoms with Crippen molar-refractivity contribution in [3.63, 3.8) is 0 Å². The van der Waals surface area contributed by atoms with Crippen molar-refractivity contribution < 1.29 is 9.59 Å². The van der Waals surface area contributed by atoms with Gasteiger partial charge in [-0.25, -0.2) is 0 Å². The zero-order valence-electron chi connectivity index (χ0n) is 15.6. The fraction of sp³-hybridized carbons (Fsp3) is 0.364. The highest BCUT2D eigenvalue weighted by Gasteiger charge is 2.26. The summed E-state index contributed by atoms with van der Waals surface area (Å²) in [6.45, 7) is 3.90. The molecule has 2 aliphatic rings. The second-order valence-electron chi connectivity index (χ2n) is 7.35. The molecule has 0 saturated carbocycles. The number of fused-ring (bicyclic) bond motifs is 1. The molecular weight excluding hydrogens is 338 g/mol. The van der Waals surface area contributed by atoms with Crippen molar-refractivity contribution in [3.05, 3.63) is 54.1 Å². The van der Waals surface area contributed by atoms with Crippen LogP contribution >= 0.6 is 0 Å². The summed E-state index contributed by atoms with van der Waals surface area (Å²) in [5.74, 6) is 0.121. The number of nitrogens with one attached hydrogen (secondary N) is 1. The van der Waals surface area contributed by atoms with Gasteiger partial charge in [-0.2, -0.15) is 0 Å². The van der Waals surface area contributed by atoms with Crippen LogP contribution < -0.4 is 10.2 Å². The van der Waals surface area contributed by atoms with Crippen LogP contribution in [0.4, 0.5) is 17.1 Å². The van der Waals surface area contributed by atoms with E-state index >= 15 is 0 Å². The third kappa shape index (κ3) is 3.68. The quantitative estimate of drug-likeness (QED) is 0.907. The zero-order chi connectivity index (χ0) is 18.8. The van der Waals surface area contributed by atoms with Crippen molar-refractivity contribution in [3.8, 4) is 0 Å². The van der Waals surface area contributed by atoms with Crippen LogP contribution in [-0.4, -0.2) is 36.3 Å². The lowest BCUT2D eigenvalue weighted by Gasteiger charge is -2.30. The van der Waals surface area contributed by atoms with E-state index in [1.54, 1.807) is 6.92 Å². The van der Waals surface area contributed by atoms with E-state index in [-0.39, 0.29) is 17.7 Å². The maximum Gasteiger partial charge on any atom is 0.227 e. The van der Waals surface area contributed by atoms with Crippen molar-refractivity contribution in [1.29, 1.82) is 0 Å². The molecule has 0 atom stereocenters. The number of benzene rings is 2. The summed E-state index contributed by atoms with van der Waals surface area (Å²) in [6.07, 6.45) is 2.52. The highest BCUT2D eigenvalue weighted by Crippen LogP contribution is 2.34. The number of amides is 2. The number of carbonyl (C=O) groups is 2. The first-order valence-electron chi connectivity index (χ1n) is 9.64. The van der Waals surface area contributed by atoms with Crippen molar-refractivity contribution in [2.45, 2.75) is 26.2 Å². The smallest absolute Gasteiger partial charge is 0.227 e. The van der Waals surface area contributed by atoms with Crippen molar-refractivity contribution in [2.75, 3.05) is 29.9 Å². The van der Waals surface area contributed by atoms with E-state index in [1.165, 1.54) is 11.3 Å². The average molecular weight is 363 g/mol. The van der Waals surface area contributed by atoms with E-state index in [2.05, 4.69) is 46.6 Å². The minimum Gasteiger partial charge on any atom is -0.343 e. The molecule has 4 rings (SSSR count). The molecule has 2 aliphatic heterocycles. The largest absolute Gasteiger partial charge is 0.343 e. The summed E-state index contributed by atoms with van der Waals surface area (Å²) < 4.78 is 0. The average Bonchev–Trinajstić information content (AvgIpc) is 3.13. The van der Waals surface area contributed by atoms with Gasteiger partial charge < -0.3 is 15.1 Å². The van der Waals surface area contributed by atoms with Crippen LogP contribution in [-0.2, 0) is 16.0 Å². The van der Waals surface area contributed by atoms with E-state index in [1.807, 2.05) is 17.0 Å². The summed E-state index contributed by atoms with van der Waals surface area (Å²) in [5.41, 5.74) is 4.62. The Kier molecular flexibility index (Phi) is 4.84. The summed E-state index contributed by atoms with van der Waals surface area (Å²) in [5, 5.41) is 3.03. The molecule has 2 aromatic carbocycles. The van der Waals surface area contributed by atoms with Gasteiger partial charge in [-0.15, -0.1) is 0 Å². The highest BCUT2D eigenvalue weighted by atomic mass is 16.2. The van der Waals surface area contributed by atoms with Crippen LogP contribution in [0.1, 0.15) is 25.3 Å². The Morgan fingerprint density at radius 2 is 1.67 bits per heavy atom. The van der Waals surface area contributed by atoms with E-state index in [9.17, 15) is 9.59 Å². The lowest BCUT2D eigenvalue weighted by Crippen LogP contribution is -2.40. The van der Waals surface area contributed by atoms with Gasteiger partial charge in [0.25, 0.3) is 0 Å². The molecule has 5 nitrogen and oxygen atoms in total. The van der Waals surface area contributed by atoms with E-state index in [4.69, 9.17) is 0 Å². The number of nitrogens with zero attached hydrogens (tertiary/aromatic N) is 2. The maximum atomic E-state index is 12.5. The monoisotopic (exact) mass is 363 g/mol. The predicted octanol–water partition coefficient (Wildman–Crippen LogP) is 3.58. The molecule has 0 aromatic heterocycles. The molecule has 140 valence electrons. The summed E-state index contributed by atoms with van der Waals surface area (Å²) in [6, 6.07) is 16.6. The van der Waals surface area contributed by atoms with Crippen LogP contribution in [0, 0.1) is 5.92 Å². The first kappa shape index (κ1) is 17.6. The molecule has 1 saturated heterocycles. The topological polar surface area (TPSA) is 52.7 Å². The molecule has 2 heterocycles. The van der Waals surface area contributed by atoms with Gasteiger partial charge in [0, 0.05) is 49.5 Å². The van der Waals surface area contributed by atoms with Crippen LogP contribution in [0.5, 0.6) is 0 Å². The number of para-hydroxylation sites is 1. The number of rotatable bonds is 3. The molecule has 0 aliphatic carbocycles. The van der Waals surface area contributed by atoms with E-state index in [0.29, 0.717) is 13.1 Å². The molecule has 0 unspecified atom stereocenters. The van der Waals surface area contributed by atoms with Gasteiger partial charge in [-0.05, 0) is 55.2 Å². The van der Waals surface area contributed by atoms with Gasteiger partial charge in [-0.1, -0.05) is 18.2 Å². The second kappa shape index (κ2) is 7.43.